The van der Waals surface area contributed by atoms with Crippen LogP contribution in [0.15, 0.2) is 30.6 Å². The van der Waals surface area contributed by atoms with Crippen LogP contribution in [0.2, 0.25) is 10.0 Å². The normalized spacial score (nSPS) is 20.4. The third-order valence-electron chi connectivity index (χ3n) is 7.21. The number of nitrogens with one attached hydrogen (secondary N) is 2. The molecule has 0 amide bonds. The van der Waals surface area contributed by atoms with Crippen LogP contribution < -0.4 is 14.9 Å². The van der Waals surface area contributed by atoms with Crippen LogP contribution in [0, 0.1) is 11.8 Å². The number of anilines is 2. The topological polar surface area (TPSA) is 90.5 Å². The number of aromatic nitrogens is 2. The first-order valence-corrected chi connectivity index (χ1v) is 14.9. The van der Waals surface area contributed by atoms with E-state index >= 15 is 0 Å². The fourth-order valence-electron chi connectivity index (χ4n) is 4.92. The molecule has 0 saturated carbocycles. The summed E-state index contributed by atoms with van der Waals surface area (Å²) >= 11 is 12.4. The van der Waals surface area contributed by atoms with Crippen molar-refractivity contribution in [2.75, 3.05) is 49.5 Å². The summed E-state index contributed by atoms with van der Waals surface area (Å²) in [5.74, 6) is 2.83. The molecule has 198 valence electrons. The average molecular weight is 556 g/mol. The smallest absolute Gasteiger partial charge is 0.213 e. The molecule has 4 rings (SSSR count). The van der Waals surface area contributed by atoms with Crippen molar-refractivity contribution in [3.05, 3.63) is 46.2 Å². The van der Waals surface area contributed by atoms with Gasteiger partial charge in [-0.1, -0.05) is 29.3 Å². The van der Waals surface area contributed by atoms with Crippen molar-refractivity contribution >= 4 is 44.9 Å². The number of piperidine rings is 1. The number of sulfonamides is 1. The lowest BCUT2D eigenvalue weighted by Crippen LogP contribution is -2.54. The molecule has 2 aliphatic heterocycles. The first kappa shape index (κ1) is 27.4. The highest BCUT2D eigenvalue weighted by atomic mass is 35.5. The van der Waals surface area contributed by atoms with E-state index in [-0.39, 0.29) is 6.04 Å². The molecule has 2 aliphatic rings. The molecule has 0 unspecified atom stereocenters. The summed E-state index contributed by atoms with van der Waals surface area (Å²) in [4.78, 5) is 13.9. The minimum atomic E-state index is -3.20. The van der Waals surface area contributed by atoms with Crippen molar-refractivity contribution in [1.82, 2.24) is 19.6 Å². The largest absolute Gasteiger partial charge is 0.362 e. The summed E-state index contributed by atoms with van der Waals surface area (Å²) in [6, 6.07) is 5.46. The lowest BCUT2D eigenvalue weighted by Gasteiger charge is -2.47. The second kappa shape index (κ2) is 11.8. The number of likely N-dealkylation sites (tertiary alicyclic amines) is 1. The molecule has 2 aromatic rings. The molecule has 1 aromatic heterocycles. The van der Waals surface area contributed by atoms with E-state index in [4.69, 9.17) is 28.2 Å². The number of hydrogen-bond donors (Lipinski definition) is 2. The number of halogens is 2. The highest BCUT2D eigenvalue weighted by molar-refractivity contribution is 7.90. The summed E-state index contributed by atoms with van der Waals surface area (Å²) in [7, 11) is -3.20. The van der Waals surface area contributed by atoms with Crippen LogP contribution >= 0.6 is 23.2 Å². The van der Waals surface area contributed by atoms with Gasteiger partial charge in [-0.3, -0.25) is 4.98 Å². The van der Waals surface area contributed by atoms with Gasteiger partial charge in [0.15, 0.2) is 0 Å². The van der Waals surface area contributed by atoms with E-state index < -0.39 is 15.3 Å². The van der Waals surface area contributed by atoms with Gasteiger partial charge in [-0.25, -0.2) is 18.1 Å². The van der Waals surface area contributed by atoms with Crippen molar-refractivity contribution in [1.29, 1.82) is 0 Å². The van der Waals surface area contributed by atoms with Crippen molar-refractivity contribution < 1.29 is 8.42 Å². The molecule has 3 heterocycles. The average Bonchev–Trinajstić information content (AvgIpc) is 2.78. The Balaban J connectivity index is 1.27. The van der Waals surface area contributed by atoms with Crippen molar-refractivity contribution in [2.45, 2.75) is 44.9 Å². The molecule has 0 spiro atoms. The first-order valence-electron chi connectivity index (χ1n) is 12.6. The zero-order valence-electron chi connectivity index (χ0n) is 21.1. The first-order chi connectivity index (χ1) is 17.1. The van der Waals surface area contributed by atoms with Gasteiger partial charge in [0.05, 0.1) is 23.7 Å². The Morgan fingerprint density at radius 3 is 2.61 bits per heavy atom. The summed E-state index contributed by atoms with van der Waals surface area (Å²) < 4.78 is 26.7. The van der Waals surface area contributed by atoms with E-state index in [2.05, 4.69) is 24.8 Å². The predicted octanol–water partition coefficient (Wildman–Crippen LogP) is 4.43. The molecule has 2 fully saturated rings. The third-order valence-corrected chi connectivity index (χ3v) is 9.62. The van der Waals surface area contributed by atoms with Crippen LogP contribution in [-0.4, -0.2) is 67.8 Å². The lowest BCUT2D eigenvalue weighted by molar-refractivity contribution is 0.121. The molecule has 36 heavy (non-hydrogen) atoms. The van der Waals surface area contributed by atoms with Gasteiger partial charge in [0.1, 0.15) is 11.6 Å². The Bertz CT molecular complexity index is 1140. The Hall–Kier alpha value is -1.65. The maximum Gasteiger partial charge on any atom is 0.213 e. The fourth-order valence-corrected chi connectivity index (χ4v) is 6.20. The molecule has 0 radical (unpaired) electrons. The van der Waals surface area contributed by atoms with E-state index in [1.165, 1.54) is 6.42 Å². The van der Waals surface area contributed by atoms with Gasteiger partial charge in [-0.15, -0.1) is 0 Å². The van der Waals surface area contributed by atoms with Gasteiger partial charge in [0, 0.05) is 42.8 Å². The van der Waals surface area contributed by atoms with Gasteiger partial charge < -0.3 is 15.1 Å². The highest BCUT2D eigenvalue weighted by Gasteiger charge is 2.36. The molecule has 8 nitrogen and oxygen atoms in total. The number of hydrogen-bond acceptors (Lipinski definition) is 7. The van der Waals surface area contributed by atoms with E-state index in [1.807, 2.05) is 25.3 Å². The monoisotopic (exact) mass is 554 g/mol. The number of benzene rings is 1. The van der Waals surface area contributed by atoms with Gasteiger partial charge in [-0.2, -0.15) is 0 Å². The van der Waals surface area contributed by atoms with Crippen molar-refractivity contribution in [3.63, 3.8) is 0 Å². The minimum absolute atomic E-state index is 0.0401. The summed E-state index contributed by atoms with van der Waals surface area (Å²) in [5, 5.41) is 4.23. The summed E-state index contributed by atoms with van der Waals surface area (Å²) in [6.07, 6.45) is 5.92. The van der Waals surface area contributed by atoms with Crippen molar-refractivity contribution in [2.24, 2.45) is 11.8 Å². The Morgan fingerprint density at radius 2 is 1.89 bits per heavy atom. The lowest BCUT2D eigenvalue weighted by atomic mass is 9.80. The van der Waals surface area contributed by atoms with Gasteiger partial charge >= 0.3 is 0 Å². The maximum absolute atomic E-state index is 12.0. The zero-order chi connectivity index (χ0) is 25.9. The van der Waals surface area contributed by atoms with Crippen LogP contribution in [0.25, 0.3) is 0 Å². The molecule has 0 aliphatic carbocycles. The molecule has 1 aromatic carbocycles. The molecular formula is C25H36Cl2N6O2S. The van der Waals surface area contributed by atoms with E-state index in [1.54, 1.807) is 26.1 Å². The van der Waals surface area contributed by atoms with Crippen LogP contribution in [0.1, 0.15) is 45.2 Å². The fraction of sp³-hybridized carbons (Fsp3) is 0.600. The molecule has 2 atom stereocenters. The number of nitrogens with zero attached hydrogens (tertiary/aromatic N) is 4. The second-order valence-corrected chi connectivity index (χ2v) is 13.3. The summed E-state index contributed by atoms with van der Waals surface area (Å²) in [5.41, 5.74) is 0.955. The highest BCUT2D eigenvalue weighted by Crippen LogP contribution is 2.34. The van der Waals surface area contributed by atoms with Gasteiger partial charge in [0.2, 0.25) is 10.0 Å². The molecule has 2 saturated heterocycles. The predicted molar refractivity (Wildman–Crippen MR) is 147 cm³/mol. The summed E-state index contributed by atoms with van der Waals surface area (Å²) in [6.45, 7) is 10.7. The van der Waals surface area contributed by atoms with E-state index in [9.17, 15) is 8.42 Å². The zero-order valence-corrected chi connectivity index (χ0v) is 23.5. The second-order valence-electron chi connectivity index (χ2n) is 10.2. The van der Waals surface area contributed by atoms with Crippen LogP contribution in [-0.2, 0) is 10.0 Å². The Morgan fingerprint density at radius 1 is 1.11 bits per heavy atom. The van der Waals surface area contributed by atoms with Crippen LogP contribution in [0.4, 0.5) is 11.6 Å². The van der Waals surface area contributed by atoms with Crippen molar-refractivity contribution in [3.8, 4) is 0 Å². The van der Waals surface area contributed by atoms with Crippen LogP contribution in [0.5, 0.6) is 0 Å². The van der Waals surface area contributed by atoms with Gasteiger partial charge in [-0.05, 0) is 69.7 Å². The number of rotatable bonds is 10. The third kappa shape index (κ3) is 6.81. The molecule has 11 heteroatoms. The minimum Gasteiger partial charge on any atom is -0.362 e. The standard InChI is InChI=1S/C25H36Cl2N6O2S/c1-17(2)36(34,35)29-8-10-32-9-4-5-19(14-32)20-15-33(16-20)25-13-28-12-24(31-25)30-18(3)22-7-6-21(26)11-23(22)27/h6-7,11-13,17-20,29H,4-5,8-10,14-16H2,1-3H3,(H,30,31)/t18-,19+/m1/s1. The molecule has 0 bridgehead atoms. The van der Waals surface area contributed by atoms with E-state index in [0.29, 0.717) is 34.2 Å². The SMILES string of the molecule is CC(C)S(=O)(=O)NCCN1CCC[C@H](C2CN(c3cncc(N[C@H](C)c4ccc(Cl)cc4Cl)n3)C2)C1. The Kier molecular flexibility index (Phi) is 8.99. The quantitative estimate of drug-likeness (QED) is 0.448. The van der Waals surface area contributed by atoms with E-state index in [0.717, 1.165) is 50.5 Å². The molecule has 2 N–H and O–H groups in total. The van der Waals surface area contributed by atoms with Crippen LogP contribution in [0.3, 0.4) is 0 Å². The maximum atomic E-state index is 12.0. The Labute approximate surface area is 224 Å². The van der Waals surface area contributed by atoms with Gasteiger partial charge in [0.25, 0.3) is 0 Å². The molecular weight excluding hydrogens is 519 g/mol.